The third-order valence-electron chi connectivity index (χ3n) is 9.01. The predicted molar refractivity (Wildman–Crippen MR) is 116 cm³/mol. The van der Waals surface area contributed by atoms with E-state index in [9.17, 15) is 9.59 Å². The second-order valence-corrected chi connectivity index (χ2v) is 10.3. The van der Waals surface area contributed by atoms with E-state index in [0.29, 0.717) is 24.4 Å². The molecule has 30 heavy (non-hydrogen) atoms. The minimum atomic E-state index is -1.17. The molecule has 0 unspecified atom stereocenters. The molecule has 4 rings (SSSR count). The van der Waals surface area contributed by atoms with Crippen LogP contribution < -0.4 is 0 Å². The minimum absolute atomic E-state index is 0.0774. The molecule has 0 N–H and O–H groups in total. The SMILES string of the molecule is C=C1C[C@H]2[C@@H]3CC=C4C=C(OCC)CC[C@]4(C)[C@H]3CC[C@]2(C)[C@@]1(OC(C)=O)C(C)=O. The largest absolute Gasteiger partial charge is 0.498 e. The Balaban J connectivity index is 1.73. The van der Waals surface area contributed by atoms with Gasteiger partial charge in [-0.25, -0.2) is 0 Å². The van der Waals surface area contributed by atoms with Gasteiger partial charge in [0.05, 0.1) is 12.4 Å². The van der Waals surface area contributed by atoms with Crippen LogP contribution in [0.15, 0.2) is 35.6 Å². The van der Waals surface area contributed by atoms with E-state index in [-0.39, 0.29) is 16.6 Å². The quantitative estimate of drug-likeness (QED) is 0.450. The van der Waals surface area contributed by atoms with Gasteiger partial charge < -0.3 is 9.47 Å². The molecule has 0 aliphatic heterocycles. The number of hydrogen-bond acceptors (Lipinski definition) is 4. The van der Waals surface area contributed by atoms with Crippen LogP contribution in [0.25, 0.3) is 0 Å². The Morgan fingerprint density at radius 3 is 2.57 bits per heavy atom. The monoisotopic (exact) mass is 412 g/mol. The number of hydrogen-bond donors (Lipinski definition) is 0. The number of ketones is 1. The molecule has 164 valence electrons. The predicted octanol–water partition coefficient (Wildman–Crippen LogP) is 5.54. The van der Waals surface area contributed by atoms with Crippen molar-refractivity contribution in [3.8, 4) is 0 Å². The summed E-state index contributed by atoms with van der Waals surface area (Å²) >= 11 is 0. The highest BCUT2D eigenvalue weighted by molar-refractivity contribution is 5.92. The minimum Gasteiger partial charge on any atom is -0.498 e. The second kappa shape index (κ2) is 7.10. The highest BCUT2D eigenvalue weighted by atomic mass is 16.6. The van der Waals surface area contributed by atoms with Crippen molar-refractivity contribution in [3.63, 3.8) is 0 Å². The van der Waals surface area contributed by atoms with E-state index >= 15 is 0 Å². The first-order valence-electron chi connectivity index (χ1n) is 11.5. The van der Waals surface area contributed by atoms with Gasteiger partial charge in [0, 0.05) is 18.8 Å². The van der Waals surface area contributed by atoms with Crippen LogP contribution in [0.3, 0.4) is 0 Å². The first-order chi connectivity index (χ1) is 14.1. The fourth-order valence-corrected chi connectivity index (χ4v) is 7.67. The highest BCUT2D eigenvalue weighted by Gasteiger charge is 2.69. The fraction of sp³-hybridized carbons (Fsp3) is 0.692. The molecule has 0 bridgehead atoms. The molecule has 4 nitrogen and oxygen atoms in total. The Morgan fingerprint density at radius 1 is 1.20 bits per heavy atom. The average Bonchev–Trinajstić information content (AvgIpc) is 2.90. The van der Waals surface area contributed by atoms with Gasteiger partial charge in [0.1, 0.15) is 0 Å². The Bertz CT molecular complexity index is 851. The van der Waals surface area contributed by atoms with Gasteiger partial charge in [0.25, 0.3) is 0 Å². The molecule has 6 atom stereocenters. The van der Waals surface area contributed by atoms with Crippen LogP contribution in [0.1, 0.15) is 73.1 Å². The number of fused-ring (bicyclic) bond motifs is 5. The third-order valence-corrected chi connectivity index (χ3v) is 9.01. The molecule has 0 aromatic carbocycles. The summed E-state index contributed by atoms with van der Waals surface area (Å²) in [5, 5.41) is 0. The van der Waals surface area contributed by atoms with Crippen molar-refractivity contribution in [3.05, 3.63) is 35.6 Å². The summed E-state index contributed by atoms with van der Waals surface area (Å²) in [6.45, 7) is 14.6. The third kappa shape index (κ3) is 2.71. The summed E-state index contributed by atoms with van der Waals surface area (Å²) in [5.74, 6) is 2.00. The standard InChI is InChI=1S/C26H36O4/c1-7-29-20-10-12-24(5)19(15-20)8-9-21-22(24)11-13-25(6)23(21)14-16(2)26(25,17(3)27)30-18(4)28/h8,15,21-23H,2,7,9-14H2,1,3-6H3/t21-,22+,23+,24+,25+,26+/m1/s1. The van der Waals surface area contributed by atoms with Gasteiger partial charge in [-0.3, -0.25) is 9.59 Å². The summed E-state index contributed by atoms with van der Waals surface area (Å²) in [6.07, 6.45) is 10.5. The molecule has 0 spiro atoms. The van der Waals surface area contributed by atoms with E-state index in [1.165, 1.54) is 12.5 Å². The van der Waals surface area contributed by atoms with Crippen LogP contribution in [0.2, 0.25) is 0 Å². The zero-order chi connectivity index (χ0) is 21.9. The molecule has 0 saturated heterocycles. The van der Waals surface area contributed by atoms with Gasteiger partial charge >= 0.3 is 5.97 Å². The molecule has 0 amide bonds. The molecular weight excluding hydrogens is 376 g/mol. The number of Topliss-reactive ketones (excluding diaryl/α,β-unsaturated/α-hetero) is 1. The van der Waals surface area contributed by atoms with Gasteiger partial charge in [-0.05, 0) is 86.3 Å². The van der Waals surface area contributed by atoms with Gasteiger partial charge in [0.2, 0.25) is 0 Å². The van der Waals surface area contributed by atoms with Crippen molar-refractivity contribution in [2.45, 2.75) is 78.7 Å². The molecule has 0 radical (unpaired) electrons. The maximum absolute atomic E-state index is 13.0. The van der Waals surface area contributed by atoms with Crippen molar-refractivity contribution in [1.29, 1.82) is 0 Å². The lowest BCUT2D eigenvalue weighted by Crippen LogP contribution is -2.58. The van der Waals surface area contributed by atoms with Crippen molar-refractivity contribution >= 4 is 11.8 Å². The summed E-state index contributed by atoms with van der Waals surface area (Å²) in [5.41, 5.74) is 0.811. The van der Waals surface area contributed by atoms with Crippen molar-refractivity contribution < 1.29 is 19.1 Å². The molecule has 4 aliphatic carbocycles. The second-order valence-electron chi connectivity index (χ2n) is 10.3. The summed E-state index contributed by atoms with van der Waals surface area (Å²) < 4.78 is 11.7. The van der Waals surface area contributed by atoms with Crippen LogP contribution in [0.5, 0.6) is 0 Å². The first-order valence-corrected chi connectivity index (χ1v) is 11.5. The van der Waals surface area contributed by atoms with Gasteiger partial charge in [0.15, 0.2) is 11.4 Å². The van der Waals surface area contributed by atoms with E-state index in [1.54, 1.807) is 6.92 Å². The topological polar surface area (TPSA) is 52.6 Å². The molecule has 2 saturated carbocycles. The van der Waals surface area contributed by atoms with Crippen molar-refractivity contribution in [2.24, 2.45) is 28.6 Å². The van der Waals surface area contributed by atoms with E-state index < -0.39 is 11.6 Å². The first kappa shape index (κ1) is 21.4. The number of carbonyl (C=O) groups is 2. The number of allylic oxidation sites excluding steroid dienone is 4. The molecular formula is C26H36O4. The van der Waals surface area contributed by atoms with E-state index in [1.807, 2.05) is 6.92 Å². The summed E-state index contributed by atoms with van der Waals surface area (Å²) in [6, 6.07) is 0. The number of rotatable bonds is 4. The Morgan fingerprint density at radius 2 is 1.93 bits per heavy atom. The van der Waals surface area contributed by atoms with Crippen LogP contribution in [0, 0.1) is 28.6 Å². The van der Waals surface area contributed by atoms with Crippen LogP contribution >= 0.6 is 0 Å². The Hall–Kier alpha value is -1.84. The van der Waals surface area contributed by atoms with Gasteiger partial charge in [-0.1, -0.05) is 26.5 Å². The van der Waals surface area contributed by atoms with Crippen molar-refractivity contribution in [2.75, 3.05) is 6.61 Å². The number of ether oxygens (including phenoxy) is 2. The molecule has 4 aliphatic rings. The molecule has 0 aromatic heterocycles. The summed E-state index contributed by atoms with van der Waals surface area (Å²) in [7, 11) is 0. The molecule has 0 aromatic rings. The lowest BCUT2D eigenvalue weighted by Gasteiger charge is -2.58. The normalized spacial score (nSPS) is 42.3. The van der Waals surface area contributed by atoms with Gasteiger partial charge in [-0.2, -0.15) is 0 Å². The number of carbonyl (C=O) groups excluding carboxylic acids is 2. The summed E-state index contributed by atoms with van der Waals surface area (Å²) in [4.78, 5) is 25.0. The maximum atomic E-state index is 13.0. The van der Waals surface area contributed by atoms with Crippen LogP contribution in [0.4, 0.5) is 0 Å². The smallest absolute Gasteiger partial charge is 0.303 e. The lowest BCUT2D eigenvalue weighted by atomic mass is 9.47. The van der Waals surface area contributed by atoms with E-state index in [4.69, 9.17) is 9.47 Å². The fourth-order valence-electron chi connectivity index (χ4n) is 7.67. The van der Waals surface area contributed by atoms with Crippen LogP contribution in [-0.2, 0) is 19.1 Å². The van der Waals surface area contributed by atoms with Gasteiger partial charge in [-0.15, -0.1) is 0 Å². The van der Waals surface area contributed by atoms with E-state index in [0.717, 1.165) is 49.9 Å². The van der Waals surface area contributed by atoms with E-state index in [2.05, 4.69) is 32.6 Å². The molecule has 4 heteroatoms. The number of esters is 1. The average molecular weight is 413 g/mol. The molecule has 0 heterocycles. The Labute approximate surface area is 180 Å². The zero-order valence-corrected chi connectivity index (χ0v) is 19.2. The van der Waals surface area contributed by atoms with Crippen molar-refractivity contribution in [1.82, 2.24) is 0 Å². The van der Waals surface area contributed by atoms with Crippen LogP contribution in [-0.4, -0.2) is 24.0 Å². The molecule has 2 fully saturated rings. The maximum Gasteiger partial charge on any atom is 0.303 e. The highest BCUT2D eigenvalue weighted by Crippen LogP contribution is 2.68. The lowest BCUT2D eigenvalue weighted by molar-refractivity contribution is -0.181. The Kier molecular flexibility index (Phi) is 5.06. The zero-order valence-electron chi connectivity index (χ0n) is 19.2.